The van der Waals surface area contributed by atoms with Gasteiger partial charge in [0.05, 0.1) is 0 Å². The standard InChI is InChI=1S/C13H17BrN4/c1-17-5-2-10(3-6-17)8-12-15-16-13-9-11(14)4-7-18(12)13/h4,7,9-10H,2-3,5-6,8H2,1H3. The second-order valence-corrected chi connectivity index (χ2v) is 6.06. The molecule has 5 heteroatoms. The van der Waals surface area contributed by atoms with Gasteiger partial charge in [0.2, 0.25) is 0 Å². The summed E-state index contributed by atoms with van der Waals surface area (Å²) in [5.74, 6) is 1.84. The van der Waals surface area contributed by atoms with Gasteiger partial charge in [-0.1, -0.05) is 15.9 Å². The molecule has 18 heavy (non-hydrogen) atoms. The molecule has 0 bridgehead atoms. The van der Waals surface area contributed by atoms with Crippen molar-refractivity contribution in [3.05, 3.63) is 28.6 Å². The molecule has 0 amide bonds. The first-order chi connectivity index (χ1) is 8.72. The Kier molecular flexibility index (Phi) is 3.35. The molecule has 1 aliphatic heterocycles. The Morgan fingerprint density at radius 3 is 2.89 bits per heavy atom. The van der Waals surface area contributed by atoms with Crippen molar-refractivity contribution in [2.24, 2.45) is 5.92 Å². The number of halogens is 1. The molecule has 2 aromatic rings. The number of hydrogen-bond donors (Lipinski definition) is 0. The zero-order chi connectivity index (χ0) is 12.5. The molecule has 0 aromatic carbocycles. The molecule has 0 atom stereocenters. The first-order valence-electron chi connectivity index (χ1n) is 6.40. The lowest BCUT2D eigenvalue weighted by Crippen LogP contribution is -2.31. The summed E-state index contributed by atoms with van der Waals surface area (Å²) in [4.78, 5) is 2.40. The molecule has 0 spiro atoms. The Bertz CT molecular complexity index is 543. The van der Waals surface area contributed by atoms with Crippen molar-refractivity contribution in [1.82, 2.24) is 19.5 Å². The second-order valence-electron chi connectivity index (χ2n) is 5.14. The van der Waals surface area contributed by atoms with Crippen molar-refractivity contribution >= 4 is 21.6 Å². The summed E-state index contributed by atoms with van der Waals surface area (Å²) in [6.07, 6.45) is 5.62. The highest BCUT2D eigenvalue weighted by Crippen LogP contribution is 2.21. The summed E-state index contributed by atoms with van der Waals surface area (Å²) in [5, 5.41) is 8.56. The normalized spacial score (nSPS) is 18.6. The number of hydrogen-bond acceptors (Lipinski definition) is 3. The molecule has 0 N–H and O–H groups in total. The Labute approximate surface area is 115 Å². The summed E-state index contributed by atoms with van der Waals surface area (Å²) < 4.78 is 3.15. The minimum atomic E-state index is 0.747. The van der Waals surface area contributed by atoms with E-state index in [4.69, 9.17) is 0 Å². The summed E-state index contributed by atoms with van der Waals surface area (Å²) in [6, 6.07) is 4.04. The van der Waals surface area contributed by atoms with E-state index >= 15 is 0 Å². The number of rotatable bonds is 2. The highest BCUT2D eigenvalue weighted by molar-refractivity contribution is 9.10. The van der Waals surface area contributed by atoms with Crippen LogP contribution >= 0.6 is 15.9 Å². The smallest absolute Gasteiger partial charge is 0.161 e. The highest BCUT2D eigenvalue weighted by Gasteiger charge is 2.19. The first kappa shape index (κ1) is 12.1. The van der Waals surface area contributed by atoms with E-state index < -0.39 is 0 Å². The van der Waals surface area contributed by atoms with Gasteiger partial charge in [0, 0.05) is 17.1 Å². The van der Waals surface area contributed by atoms with Gasteiger partial charge in [-0.25, -0.2) is 0 Å². The minimum absolute atomic E-state index is 0.747. The van der Waals surface area contributed by atoms with Gasteiger partial charge in [0.15, 0.2) is 5.65 Å². The Morgan fingerprint density at radius 1 is 1.33 bits per heavy atom. The third-order valence-corrected chi connectivity index (χ3v) is 4.25. The molecule has 96 valence electrons. The lowest BCUT2D eigenvalue weighted by Gasteiger charge is -2.28. The van der Waals surface area contributed by atoms with E-state index in [2.05, 4.69) is 42.5 Å². The molecule has 2 aromatic heterocycles. The summed E-state index contributed by atoms with van der Waals surface area (Å²) >= 11 is 3.46. The van der Waals surface area contributed by atoms with E-state index in [1.54, 1.807) is 0 Å². The Morgan fingerprint density at radius 2 is 2.11 bits per heavy atom. The van der Waals surface area contributed by atoms with Crippen LogP contribution in [0.1, 0.15) is 18.7 Å². The average Bonchev–Trinajstić information content (AvgIpc) is 2.74. The van der Waals surface area contributed by atoms with Gasteiger partial charge in [-0.2, -0.15) is 0 Å². The minimum Gasteiger partial charge on any atom is -0.306 e. The van der Waals surface area contributed by atoms with Gasteiger partial charge in [-0.15, -0.1) is 10.2 Å². The molecule has 0 saturated carbocycles. The molecule has 1 aliphatic rings. The maximum Gasteiger partial charge on any atom is 0.161 e. The Balaban J connectivity index is 1.78. The molecule has 0 aliphatic carbocycles. The van der Waals surface area contributed by atoms with Crippen LogP contribution in [0.25, 0.3) is 5.65 Å². The van der Waals surface area contributed by atoms with Gasteiger partial charge in [0.25, 0.3) is 0 Å². The molecule has 4 nitrogen and oxygen atoms in total. The fourth-order valence-electron chi connectivity index (χ4n) is 2.58. The number of pyridine rings is 1. The van der Waals surface area contributed by atoms with Crippen LogP contribution in [0.2, 0.25) is 0 Å². The number of piperidine rings is 1. The van der Waals surface area contributed by atoms with Crippen LogP contribution < -0.4 is 0 Å². The van der Waals surface area contributed by atoms with Crippen molar-refractivity contribution in [3.63, 3.8) is 0 Å². The van der Waals surface area contributed by atoms with Crippen LogP contribution in [-0.2, 0) is 6.42 Å². The first-order valence-corrected chi connectivity index (χ1v) is 7.19. The third kappa shape index (κ3) is 2.42. The zero-order valence-corrected chi connectivity index (χ0v) is 12.1. The van der Waals surface area contributed by atoms with E-state index in [-0.39, 0.29) is 0 Å². The number of nitrogens with zero attached hydrogens (tertiary/aromatic N) is 4. The molecule has 1 fully saturated rings. The molecular weight excluding hydrogens is 292 g/mol. The lowest BCUT2D eigenvalue weighted by molar-refractivity contribution is 0.217. The summed E-state index contributed by atoms with van der Waals surface area (Å²) in [6.45, 7) is 2.40. The molecule has 3 heterocycles. The summed E-state index contributed by atoms with van der Waals surface area (Å²) in [7, 11) is 2.19. The van der Waals surface area contributed by atoms with Crippen LogP contribution in [0.4, 0.5) is 0 Å². The predicted molar refractivity (Wildman–Crippen MR) is 74.6 cm³/mol. The largest absolute Gasteiger partial charge is 0.306 e. The van der Waals surface area contributed by atoms with Crippen molar-refractivity contribution in [3.8, 4) is 0 Å². The van der Waals surface area contributed by atoms with Gasteiger partial charge >= 0.3 is 0 Å². The topological polar surface area (TPSA) is 33.4 Å². The van der Waals surface area contributed by atoms with Gasteiger partial charge in [-0.05, 0) is 51.0 Å². The van der Waals surface area contributed by atoms with Crippen LogP contribution in [0.15, 0.2) is 22.8 Å². The number of fused-ring (bicyclic) bond motifs is 1. The van der Waals surface area contributed by atoms with Crippen LogP contribution in [0.3, 0.4) is 0 Å². The number of likely N-dealkylation sites (tertiary alicyclic amines) is 1. The second kappa shape index (κ2) is 4.97. The quantitative estimate of drug-likeness (QED) is 0.854. The molecule has 0 unspecified atom stereocenters. The van der Waals surface area contributed by atoms with E-state index in [1.807, 2.05) is 18.3 Å². The number of aromatic nitrogens is 3. The van der Waals surface area contributed by atoms with E-state index in [0.717, 1.165) is 28.3 Å². The Hall–Kier alpha value is -0.940. The monoisotopic (exact) mass is 308 g/mol. The fraction of sp³-hybridized carbons (Fsp3) is 0.538. The van der Waals surface area contributed by atoms with Gasteiger partial charge < -0.3 is 4.90 Å². The maximum atomic E-state index is 4.33. The molecular formula is C13H17BrN4. The summed E-state index contributed by atoms with van der Waals surface area (Å²) in [5.41, 5.74) is 0.923. The maximum absolute atomic E-state index is 4.33. The van der Waals surface area contributed by atoms with Crippen molar-refractivity contribution < 1.29 is 0 Å². The third-order valence-electron chi connectivity index (χ3n) is 3.75. The fourth-order valence-corrected chi connectivity index (χ4v) is 2.90. The van der Waals surface area contributed by atoms with Crippen molar-refractivity contribution in [1.29, 1.82) is 0 Å². The molecule has 0 radical (unpaired) electrons. The van der Waals surface area contributed by atoms with E-state index in [0.29, 0.717) is 0 Å². The van der Waals surface area contributed by atoms with Gasteiger partial charge in [-0.3, -0.25) is 4.40 Å². The molecule has 3 rings (SSSR count). The zero-order valence-electron chi connectivity index (χ0n) is 10.5. The van der Waals surface area contributed by atoms with E-state index in [9.17, 15) is 0 Å². The van der Waals surface area contributed by atoms with Crippen LogP contribution in [0.5, 0.6) is 0 Å². The van der Waals surface area contributed by atoms with Crippen LogP contribution in [0, 0.1) is 5.92 Å². The van der Waals surface area contributed by atoms with Crippen LogP contribution in [-0.4, -0.2) is 39.6 Å². The lowest BCUT2D eigenvalue weighted by atomic mass is 9.93. The van der Waals surface area contributed by atoms with Gasteiger partial charge in [0.1, 0.15) is 5.82 Å². The predicted octanol–water partition coefficient (Wildman–Crippen LogP) is 2.38. The average molecular weight is 309 g/mol. The van der Waals surface area contributed by atoms with Crippen molar-refractivity contribution in [2.45, 2.75) is 19.3 Å². The molecule has 1 saturated heterocycles. The van der Waals surface area contributed by atoms with E-state index in [1.165, 1.54) is 25.9 Å². The van der Waals surface area contributed by atoms with Crippen molar-refractivity contribution in [2.75, 3.05) is 20.1 Å². The highest BCUT2D eigenvalue weighted by atomic mass is 79.9. The SMILES string of the molecule is CN1CCC(Cc2nnc3cc(Br)ccn23)CC1.